The highest BCUT2D eigenvalue weighted by Crippen LogP contribution is 2.19. The van der Waals surface area contributed by atoms with Crippen LogP contribution < -0.4 is 5.73 Å². The minimum atomic E-state index is -0.933. The molecule has 1 saturated heterocycles. The van der Waals surface area contributed by atoms with Crippen LogP contribution in [0.3, 0.4) is 0 Å². The summed E-state index contributed by atoms with van der Waals surface area (Å²) in [6, 6.07) is -0.736. The van der Waals surface area contributed by atoms with Crippen LogP contribution in [-0.4, -0.2) is 41.3 Å². The Kier molecular flexibility index (Phi) is 3.16. The van der Waals surface area contributed by atoms with E-state index in [1.54, 1.807) is 11.8 Å². The topological polar surface area (TPSA) is 72.5 Å². The third-order valence-corrected chi connectivity index (χ3v) is 2.73. The molecule has 1 aliphatic rings. The van der Waals surface area contributed by atoms with Crippen LogP contribution in [0.5, 0.6) is 0 Å². The zero-order chi connectivity index (χ0) is 8.27. The summed E-state index contributed by atoms with van der Waals surface area (Å²) in [6.45, 7) is 1.47. The number of thioether (sulfide) groups is 1. The molecule has 0 aromatic carbocycles. The van der Waals surface area contributed by atoms with Crippen molar-refractivity contribution in [2.24, 2.45) is 5.73 Å². The Morgan fingerprint density at radius 1 is 1.82 bits per heavy atom. The van der Waals surface area contributed by atoms with Gasteiger partial charge in [-0.1, -0.05) is 0 Å². The van der Waals surface area contributed by atoms with Gasteiger partial charge in [0.05, 0.1) is 18.5 Å². The molecule has 0 aromatic rings. The van der Waals surface area contributed by atoms with E-state index in [0.29, 0.717) is 11.0 Å². The average Bonchev–Trinajstić information content (AvgIpc) is 1.83. The molecule has 64 valence electrons. The van der Waals surface area contributed by atoms with Gasteiger partial charge in [0.15, 0.2) is 0 Å². The van der Waals surface area contributed by atoms with Gasteiger partial charge in [0.1, 0.15) is 6.04 Å². The van der Waals surface area contributed by atoms with E-state index in [1.807, 2.05) is 0 Å². The third kappa shape index (κ3) is 2.69. The first-order chi connectivity index (χ1) is 5.20. The summed E-state index contributed by atoms with van der Waals surface area (Å²) in [6.07, 6.45) is 0. The van der Waals surface area contributed by atoms with Crippen molar-refractivity contribution in [2.75, 3.05) is 19.0 Å². The molecule has 4 nitrogen and oxygen atoms in total. The highest BCUT2D eigenvalue weighted by molar-refractivity contribution is 8.00. The molecule has 0 radical (unpaired) electrons. The molecule has 1 heterocycles. The first-order valence-electron chi connectivity index (χ1n) is 3.38. The van der Waals surface area contributed by atoms with Gasteiger partial charge in [-0.05, 0) is 0 Å². The van der Waals surface area contributed by atoms with Crippen LogP contribution in [0.1, 0.15) is 0 Å². The highest BCUT2D eigenvalue weighted by atomic mass is 32.2. The quantitative estimate of drug-likeness (QED) is 0.607. The molecule has 1 atom stereocenters. The van der Waals surface area contributed by atoms with Gasteiger partial charge in [-0.25, -0.2) is 0 Å². The van der Waals surface area contributed by atoms with Gasteiger partial charge in [-0.3, -0.25) is 4.79 Å². The number of aliphatic carboxylic acids is 1. The molecule has 1 fully saturated rings. The number of hydrogen-bond donors (Lipinski definition) is 2. The van der Waals surface area contributed by atoms with E-state index in [2.05, 4.69) is 0 Å². The Morgan fingerprint density at radius 3 is 2.82 bits per heavy atom. The molecule has 1 unspecified atom stereocenters. The minimum Gasteiger partial charge on any atom is -0.480 e. The number of rotatable bonds is 4. The number of ether oxygens (including phenoxy) is 1. The first-order valence-corrected chi connectivity index (χ1v) is 4.42. The van der Waals surface area contributed by atoms with Crippen molar-refractivity contribution in [2.45, 2.75) is 11.3 Å². The van der Waals surface area contributed by atoms with E-state index < -0.39 is 12.0 Å². The summed E-state index contributed by atoms with van der Waals surface area (Å²) < 4.78 is 4.92. The monoisotopic (exact) mass is 177 g/mol. The molecule has 0 spiro atoms. The zero-order valence-electron chi connectivity index (χ0n) is 6.03. The van der Waals surface area contributed by atoms with Gasteiger partial charge in [-0.15, -0.1) is 0 Å². The van der Waals surface area contributed by atoms with Gasteiger partial charge >= 0.3 is 5.97 Å². The smallest absolute Gasteiger partial charge is 0.321 e. The Balaban J connectivity index is 2.05. The maximum atomic E-state index is 10.2. The summed E-state index contributed by atoms with van der Waals surface area (Å²) in [4.78, 5) is 10.2. The summed E-state index contributed by atoms with van der Waals surface area (Å²) in [7, 11) is 0. The maximum Gasteiger partial charge on any atom is 0.321 e. The summed E-state index contributed by atoms with van der Waals surface area (Å²) in [5.41, 5.74) is 5.28. The van der Waals surface area contributed by atoms with Crippen molar-refractivity contribution in [1.29, 1.82) is 0 Å². The number of carbonyl (C=O) groups is 1. The van der Waals surface area contributed by atoms with Crippen LogP contribution in [0.15, 0.2) is 0 Å². The normalized spacial score (nSPS) is 20.8. The van der Waals surface area contributed by atoms with E-state index in [-0.39, 0.29) is 0 Å². The predicted molar refractivity (Wildman–Crippen MR) is 42.7 cm³/mol. The zero-order valence-corrected chi connectivity index (χ0v) is 6.84. The van der Waals surface area contributed by atoms with Crippen molar-refractivity contribution >= 4 is 17.7 Å². The second-order valence-electron chi connectivity index (χ2n) is 2.44. The second kappa shape index (κ2) is 3.94. The Morgan fingerprint density at radius 2 is 2.45 bits per heavy atom. The SMILES string of the molecule is NC(CSC1COC1)C(=O)O. The lowest BCUT2D eigenvalue weighted by atomic mass is 10.4. The van der Waals surface area contributed by atoms with E-state index >= 15 is 0 Å². The lowest BCUT2D eigenvalue weighted by Crippen LogP contribution is -2.37. The molecule has 5 heteroatoms. The van der Waals surface area contributed by atoms with Crippen LogP contribution in [0.4, 0.5) is 0 Å². The van der Waals surface area contributed by atoms with Crippen molar-refractivity contribution in [3.63, 3.8) is 0 Å². The molecule has 11 heavy (non-hydrogen) atoms. The molecule has 1 aliphatic heterocycles. The molecule has 0 bridgehead atoms. The van der Waals surface area contributed by atoms with Gasteiger partial charge < -0.3 is 15.6 Å². The second-order valence-corrected chi connectivity index (χ2v) is 3.77. The van der Waals surface area contributed by atoms with Crippen LogP contribution in [0.25, 0.3) is 0 Å². The molecule has 3 N–H and O–H groups in total. The van der Waals surface area contributed by atoms with E-state index in [0.717, 1.165) is 13.2 Å². The molecule has 0 amide bonds. The third-order valence-electron chi connectivity index (χ3n) is 1.44. The van der Waals surface area contributed by atoms with Crippen LogP contribution >= 0.6 is 11.8 Å². The molecule has 0 aromatic heterocycles. The highest BCUT2D eigenvalue weighted by Gasteiger charge is 2.21. The van der Waals surface area contributed by atoms with Crippen molar-refractivity contribution in [1.82, 2.24) is 0 Å². The number of carboxylic acid groups (broad SMARTS) is 1. The predicted octanol–water partition coefficient (Wildman–Crippen LogP) is -0.470. The first kappa shape index (κ1) is 8.83. The number of carboxylic acids is 1. The van der Waals surface area contributed by atoms with Crippen LogP contribution in [0, 0.1) is 0 Å². The lowest BCUT2D eigenvalue weighted by molar-refractivity contribution is -0.137. The molecule has 1 rings (SSSR count). The fraction of sp³-hybridized carbons (Fsp3) is 0.833. The largest absolute Gasteiger partial charge is 0.480 e. The Bertz CT molecular complexity index is 149. The van der Waals surface area contributed by atoms with E-state index in [1.165, 1.54) is 0 Å². The van der Waals surface area contributed by atoms with Gasteiger partial charge in [-0.2, -0.15) is 11.8 Å². The molecule has 0 aliphatic carbocycles. The molecule has 0 saturated carbocycles. The van der Waals surface area contributed by atoms with Crippen molar-refractivity contribution in [3.05, 3.63) is 0 Å². The molecular weight excluding hydrogens is 166 g/mol. The van der Waals surface area contributed by atoms with E-state index in [4.69, 9.17) is 15.6 Å². The van der Waals surface area contributed by atoms with Crippen LogP contribution in [-0.2, 0) is 9.53 Å². The molecular formula is C6H11NO3S. The summed E-state index contributed by atoms with van der Waals surface area (Å²) in [5, 5.41) is 8.87. The van der Waals surface area contributed by atoms with Gasteiger partial charge in [0.2, 0.25) is 0 Å². The fourth-order valence-corrected chi connectivity index (χ4v) is 1.63. The van der Waals surface area contributed by atoms with Crippen molar-refractivity contribution in [3.8, 4) is 0 Å². The average molecular weight is 177 g/mol. The Hall–Kier alpha value is -0.260. The van der Waals surface area contributed by atoms with E-state index in [9.17, 15) is 4.79 Å². The maximum absolute atomic E-state index is 10.2. The van der Waals surface area contributed by atoms with Gasteiger partial charge in [0, 0.05) is 5.75 Å². The van der Waals surface area contributed by atoms with Crippen molar-refractivity contribution < 1.29 is 14.6 Å². The standard InChI is InChI=1S/C6H11NO3S/c7-5(6(8)9)3-11-4-1-10-2-4/h4-5H,1-3,7H2,(H,8,9). The Labute approximate surface area is 69.1 Å². The van der Waals surface area contributed by atoms with Crippen LogP contribution in [0.2, 0.25) is 0 Å². The minimum absolute atomic E-state index is 0.459. The number of nitrogens with two attached hydrogens (primary N) is 1. The lowest BCUT2D eigenvalue weighted by Gasteiger charge is -2.25. The summed E-state index contributed by atoms with van der Waals surface area (Å²) >= 11 is 1.57. The fourth-order valence-electron chi connectivity index (χ4n) is 0.621. The number of hydrogen-bond acceptors (Lipinski definition) is 4. The van der Waals surface area contributed by atoms with Gasteiger partial charge in [0.25, 0.3) is 0 Å². The summed E-state index contributed by atoms with van der Waals surface area (Å²) in [5.74, 6) is -0.457.